The van der Waals surface area contributed by atoms with Crippen molar-refractivity contribution in [1.29, 1.82) is 5.39 Å². The highest BCUT2D eigenvalue weighted by Crippen LogP contribution is 2.60. The summed E-state index contributed by atoms with van der Waals surface area (Å²) in [6.07, 6.45) is 5.47. The van der Waals surface area contributed by atoms with Crippen molar-refractivity contribution in [1.82, 2.24) is 0 Å². The largest absolute Gasteiger partial charge is 0.867 e. The molecule has 4 rings (SSSR count). The summed E-state index contributed by atoms with van der Waals surface area (Å²) >= 11 is 0. The summed E-state index contributed by atoms with van der Waals surface area (Å²) in [6, 6.07) is 3.46. The van der Waals surface area contributed by atoms with Gasteiger partial charge in [0.2, 0.25) is 5.39 Å². The lowest BCUT2D eigenvalue weighted by Crippen LogP contribution is -2.42. The van der Waals surface area contributed by atoms with Crippen LogP contribution in [0, 0.1) is 22.6 Å². The Bertz CT molecular complexity index is 706. The highest BCUT2D eigenvalue weighted by atomic mass is 16.3. The molecule has 1 aromatic rings. The number of Topliss-reactive ketones (excluding diaryl/α,β-unsaturated/α-hetero) is 1. The molecule has 0 aliphatic heterocycles. The first kappa shape index (κ1) is 13.8. The van der Waals surface area contributed by atoms with Gasteiger partial charge in [-0.05, 0) is 61.2 Å². The summed E-state index contributed by atoms with van der Waals surface area (Å²) in [5, 5.41) is 21.0. The van der Waals surface area contributed by atoms with E-state index in [4.69, 9.17) is 0 Å². The molecule has 2 saturated carbocycles. The number of ketones is 1. The lowest BCUT2D eigenvalue weighted by Gasteiger charge is -2.48. The third-order valence-corrected chi connectivity index (χ3v) is 6.66. The predicted octanol–water partition coefficient (Wildman–Crippen LogP) is 3.67. The van der Waals surface area contributed by atoms with Crippen LogP contribution in [-0.4, -0.2) is 5.78 Å². The highest BCUT2D eigenvalue weighted by molar-refractivity contribution is 5.87. The van der Waals surface area contributed by atoms with Gasteiger partial charge in [-0.1, -0.05) is 19.1 Å². The summed E-state index contributed by atoms with van der Waals surface area (Å²) in [5.41, 5.74) is 2.22. The number of carbonyl (C=O) groups is 1. The van der Waals surface area contributed by atoms with Gasteiger partial charge in [0.05, 0.1) is 5.56 Å². The standard InChI is InChI=1S/C18H20N2O2/c1-18-9-8-11-10-4-6-15(21)17(20-19)13(10)3-2-12(11)14(18)5-7-16(18)22/h4,6,11-12,14H,2-3,5,7-9H2,1H3. The van der Waals surface area contributed by atoms with Gasteiger partial charge in [-0.25, -0.2) is 0 Å². The van der Waals surface area contributed by atoms with Crippen molar-refractivity contribution in [2.75, 3.05) is 0 Å². The Hall–Kier alpha value is -1.89. The molecular formula is C18H20N2O2. The Labute approximate surface area is 130 Å². The first-order valence-corrected chi connectivity index (χ1v) is 8.27. The van der Waals surface area contributed by atoms with Crippen molar-refractivity contribution in [3.8, 4) is 5.75 Å². The molecule has 0 amide bonds. The lowest BCUT2D eigenvalue weighted by molar-refractivity contribution is -0.267. The third kappa shape index (κ3) is 1.63. The van der Waals surface area contributed by atoms with Crippen LogP contribution in [0.4, 0.5) is 5.69 Å². The van der Waals surface area contributed by atoms with E-state index in [-0.39, 0.29) is 16.9 Å². The summed E-state index contributed by atoms with van der Waals surface area (Å²) in [4.78, 5) is 15.6. The van der Waals surface area contributed by atoms with E-state index in [1.54, 1.807) is 0 Å². The second-order valence-corrected chi connectivity index (χ2v) is 7.41. The van der Waals surface area contributed by atoms with Crippen LogP contribution in [0.5, 0.6) is 5.75 Å². The molecule has 4 nitrogen and oxygen atoms in total. The normalized spacial score (nSPS) is 36.2. The molecule has 4 atom stereocenters. The van der Waals surface area contributed by atoms with E-state index in [9.17, 15) is 15.3 Å². The molecule has 0 aromatic heterocycles. The molecule has 3 aliphatic rings. The molecule has 0 radical (unpaired) electrons. The van der Waals surface area contributed by atoms with E-state index >= 15 is 0 Å². The molecular weight excluding hydrogens is 276 g/mol. The molecule has 114 valence electrons. The average Bonchev–Trinajstić information content (AvgIpc) is 2.82. The van der Waals surface area contributed by atoms with Crippen LogP contribution >= 0.6 is 0 Å². The van der Waals surface area contributed by atoms with Gasteiger partial charge in [-0.3, -0.25) is 4.79 Å². The van der Waals surface area contributed by atoms with Crippen molar-refractivity contribution in [3.63, 3.8) is 0 Å². The highest BCUT2D eigenvalue weighted by Gasteiger charge is 2.54. The fraction of sp³-hybridized carbons (Fsp3) is 0.611. The molecule has 1 aromatic carbocycles. The third-order valence-electron chi connectivity index (χ3n) is 6.66. The van der Waals surface area contributed by atoms with Crippen LogP contribution in [-0.2, 0) is 11.2 Å². The summed E-state index contributed by atoms with van der Waals surface area (Å²) < 4.78 is 0. The number of benzene rings is 1. The van der Waals surface area contributed by atoms with Gasteiger partial charge in [-0.2, -0.15) is 0 Å². The van der Waals surface area contributed by atoms with Crippen molar-refractivity contribution in [2.45, 2.75) is 51.4 Å². The van der Waals surface area contributed by atoms with Gasteiger partial charge in [-0.15, -0.1) is 0 Å². The second kappa shape index (κ2) is 4.55. The quantitative estimate of drug-likeness (QED) is 0.686. The number of nitrogens with zero attached hydrogens (tertiary/aromatic N) is 2. The van der Waals surface area contributed by atoms with Gasteiger partial charge >= 0.3 is 5.69 Å². The Morgan fingerprint density at radius 2 is 2.09 bits per heavy atom. The number of rotatable bonds is 0. The topological polar surface area (TPSA) is 68.3 Å². The minimum absolute atomic E-state index is 0.124. The number of fused-ring (bicyclic) bond motifs is 5. The molecule has 0 heterocycles. The SMILES string of the molecule is CC12CCC3c4ccc([O-])c([N+]#N)c4CCC3C1CCC2=O. The van der Waals surface area contributed by atoms with Gasteiger partial charge in [0, 0.05) is 11.8 Å². The van der Waals surface area contributed by atoms with Gasteiger partial charge in [0.15, 0.2) is 4.98 Å². The molecule has 0 bridgehead atoms. The van der Waals surface area contributed by atoms with Crippen molar-refractivity contribution in [3.05, 3.63) is 28.2 Å². The summed E-state index contributed by atoms with van der Waals surface area (Å²) in [7, 11) is 0. The van der Waals surface area contributed by atoms with Crippen LogP contribution in [0.1, 0.15) is 56.1 Å². The molecule has 3 aliphatic carbocycles. The van der Waals surface area contributed by atoms with E-state index in [0.717, 1.165) is 44.1 Å². The number of carbonyl (C=O) groups excluding carboxylic acids is 1. The smallest absolute Gasteiger partial charge is 0.380 e. The van der Waals surface area contributed by atoms with E-state index in [2.05, 4.69) is 11.9 Å². The fourth-order valence-electron chi connectivity index (χ4n) is 5.51. The number of hydrogen-bond acceptors (Lipinski definition) is 3. The number of diazo groups is 1. The first-order chi connectivity index (χ1) is 10.6. The van der Waals surface area contributed by atoms with E-state index in [0.29, 0.717) is 23.5 Å². The van der Waals surface area contributed by atoms with Crippen LogP contribution in [0.2, 0.25) is 0 Å². The maximum Gasteiger partial charge on any atom is 0.380 e. The van der Waals surface area contributed by atoms with Gasteiger partial charge < -0.3 is 5.11 Å². The minimum Gasteiger partial charge on any atom is -0.867 e. The fourth-order valence-corrected chi connectivity index (χ4v) is 5.51. The molecule has 0 N–H and O–H groups in total. The zero-order chi connectivity index (χ0) is 15.5. The zero-order valence-corrected chi connectivity index (χ0v) is 12.8. The van der Waals surface area contributed by atoms with Crippen molar-refractivity contribution < 1.29 is 9.90 Å². The maximum absolute atomic E-state index is 12.3. The summed E-state index contributed by atoms with van der Waals surface area (Å²) in [5.74, 6) is 1.67. The predicted molar refractivity (Wildman–Crippen MR) is 80.3 cm³/mol. The molecule has 2 fully saturated rings. The molecule has 0 spiro atoms. The van der Waals surface area contributed by atoms with Crippen molar-refractivity contribution in [2.24, 2.45) is 17.3 Å². The molecule has 4 unspecified atom stereocenters. The molecule has 4 heteroatoms. The van der Waals surface area contributed by atoms with E-state index in [1.807, 2.05) is 6.07 Å². The number of hydrogen-bond donors (Lipinski definition) is 0. The Morgan fingerprint density at radius 1 is 1.27 bits per heavy atom. The monoisotopic (exact) mass is 296 g/mol. The molecule has 0 saturated heterocycles. The Morgan fingerprint density at radius 3 is 2.86 bits per heavy atom. The van der Waals surface area contributed by atoms with E-state index in [1.165, 1.54) is 11.6 Å². The average molecular weight is 296 g/mol. The second-order valence-electron chi connectivity index (χ2n) is 7.41. The first-order valence-electron chi connectivity index (χ1n) is 8.27. The van der Waals surface area contributed by atoms with Crippen LogP contribution in [0.3, 0.4) is 0 Å². The van der Waals surface area contributed by atoms with Crippen LogP contribution in [0.15, 0.2) is 12.1 Å². The summed E-state index contributed by atoms with van der Waals surface area (Å²) in [6.45, 7) is 2.16. The van der Waals surface area contributed by atoms with Gasteiger partial charge in [0.25, 0.3) is 0 Å². The zero-order valence-electron chi connectivity index (χ0n) is 12.8. The Balaban J connectivity index is 1.77. The maximum atomic E-state index is 12.3. The van der Waals surface area contributed by atoms with Crippen LogP contribution in [0.25, 0.3) is 4.98 Å². The van der Waals surface area contributed by atoms with Crippen molar-refractivity contribution >= 4 is 11.5 Å². The minimum atomic E-state index is -0.198. The molecule has 22 heavy (non-hydrogen) atoms. The van der Waals surface area contributed by atoms with E-state index < -0.39 is 0 Å². The van der Waals surface area contributed by atoms with Gasteiger partial charge in [0.1, 0.15) is 5.78 Å². The Kier molecular flexibility index (Phi) is 2.84. The lowest BCUT2D eigenvalue weighted by atomic mass is 9.55. The van der Waals surface area contributed by atoms with Crippen LogP contribution < -0.4 is 5.11 Å².